The van der Waals surface area contributed by atoms with Crippen LogP contribution in [0.4, 0.5) is 5.69 Å². The summed E-state index contributed by atoms with van der Waals surface area (Å²) in [5.41, 5.74) is 6.79. The first-order valence-corrected chi connectivity index (χ1v) is 6.47. The third-order valence-electron chi connectivity index (χ3n) is 2.06. The maximum atomic E-state index is 12.1. The molecule has 2 rings (SSSR count). The van der Waals surface area contributed by atoms with Gasteiger partial charge in [0, 0.05) is 15.7 Å². The number of carbonyl (C=O) groups is 1. The van der Waals surface area contributed by atoms with E-state index in [9.17, 15) is 4.79 Å². The second-order valence-corrected chi connectivity index (χ2v) is 5.34. The van der Waals surface area contributed by atoms with Crippen molar-refractivity contribution in [3.63, 3.8) is 0 Å². The van der Waals surface area contributed by atoms with E-state index in [0.717, 1.165) is 0 Å². The number of nitrogens with two attached hydrogens (primary N) is 1. The van der Waals surface area contributed by atoms with E-state index in [1.165, 1.54) is 11.3 Å². The van der Waals surface area contributed by atoms with Gasteiger partial charge in [-0.2, -0.15) is 0 Å². The first kappa shape index (κ1) is 11.6. The second kappa shape index (κ2) is 4.57. The minimum atomic E-state index is -0.0909. The summed E-state index contributed by atoms with van der Waals surface area (Å²) in [6.45, 7) is 0. The van der Waals surface area contributed by atoms with Crippen LogP contribution in [-0.2, 0) is 0 Å². The zero-order valence-corrected chi connectivity index (χ0v) is 11.2. The van der Waals surface area contributed by atoms with Gasteiger partial charge in [0.15, 0.2) is 0 Å². The molecule has 0 aliphatic carbocycles. The molecule has 82 valence electrons. The van der Waals surface area contributed by atoms with Crippen molar-refractivity contribution in [1.82, 2.24) is 0 Å². The molecule has 0 fully saturated rings. The quantitative estimate of drug-likeness (QED) is 0.673. The first-order valence-electron chi connectivity index (χ1n) is 4.42. The molecular formula is C11H7BrClNOS. The fraction of sp³-hybridized carbons (Fsp3) is 0. The maximum Gasteiger partial charge on any atom is 0.205 e. The average Bonchev–Trinajstić information content (AvgIpc) is 2.63. The Morgan fingerprint density at radius 1 is 1.38 bits per heavy atom. The summed E-state index contributed by atoms with van der Waals surface area (Å²) in [5, 5.41) is 2.28. The molecule has 0 aliphatic heterocycles. The van der Waals surface area contributed by atoms with Gasteiger partial charge in [-0.05, 0) is 45.6 Å². The standard InChI is InChI=1S/C11H7BrClNOS/c12-8-5-6(14)1-2-7(8)10(15)11-9(13)3-4-16-11/h1-5H,14H2. The van der Waals surface area contributed by atoms with Crippen LogP contribution in [0, 0.1) is 0 Å². The summed E-state index contributed by atoms with van der Waals surface area (Å²) in [6, 6.07) is 6.80. The highest BCUT2D eigenvalue weighted by atomic mass is 79.9. The van der Waals surface area contributed by atoms with Gasteiger partial charge in [0.2, 0.25) is 5.78 Å². The topological polar surface area (TPSA) is 43.1 Å². The van der Waals surface area contributed by atoms with E-state index in [1.54, 1.807) is 29.6 Å². The molecular weight excluding hydrogens is 310 g/mol. The van der Waals surface area contributed by atoms with Crippen LogP contribution in [0.15, 0.2) is 34.1 Å². The molecule has 2 aromatic rings. The lowest BCUT2D eigenvalue weighted by Gasteiger charge is -2.03. The van der Waals surface area contributed by atoms with Crippen molar-refractivity contribution < 1.29 is 4.79 Å². The normalized spacial score (nSPS) is 10.4. The lowest BCUT2D eigenvalue weighted by Crippen LogP contribution is -2.01. The number of benzene rings is 1. The Bertz CT molecular complexity index is 553. The summed E-state index contributed by atoms with van der Waals surface area (Å²) in [5.74, 6) is -0.0909. The van der Waals surface area contributed by atoms with Crippen LogP contribution < -0.4 is 5.73 Å². The summed E-state index contributed by atoms with van der Waals surface area (Å²) in [4.78, 5) is 12.7. The predicted molar refractivity (Wildman–Crippen MR) is 71.3 cm³/mol. The van der Waals surface area contributed by atoms with Crippen molar-refractivity contribution in [2.75, 3.05) is 5.73 Å². The number of rotatable bonds is 2. The second-order valence-electron chi connectivity index (χ2n) is 3.17. The van der Waals surface area contributed by atoms with Crippen LogP contribution in [-0.4, -0.2) is 5.78 Å². The van der Waals surface area contributed by atoms with Crippen molar-refractivity contribution in [3.8, 4) is 0 Å². The Morgan fingerprint density at radius 3 is 2.69 bits per heavy atom. The number of halogens is 2. The molecule has 0 saturated carbocycles. The van der Waals surface area contributed by atoms with E-state index < -0.39 is 0 Å². The van der Waals surface area contributed by atoms with Gasteiger partial charge in [-0.3, -0.25) is 4.79 Å². The van der Waals surface area contributed by atoms with E-state index in [0.29, 0.717) is 25.6 Å². The van der Waals surface area contributed by atoms with Crippen molar-refractivity contribution in [2.24, 2.45) is 0 Å². The maximum absolute atomic E-state index is 12.1. The summed E-state index contributed by atoms with van der Waals surface area (Å²) in [7, 11) is 0. The van der Waals surface area contributed by atoms with Crippen molar-refractivity contribution >= 4 is 50.3 Å². The fourth-order valence-corrected chi connectivity index (χ4v) is 2.97. The van der Waals surface area contributed by atoms with Crippen molar-refractivity contribution in [1.29, 1.82) is 0 Å². The Morgan fingerprint density at radius 2 is 2.12 bits per heavy atom. The van der Waals surface area contributed by atoms with E-state index in [-0.39, 0.29) is 5.78 Å². The zero-order chi connectivity index (χ0) is 11.7. The van der Waals surface area contributed by atoms with Crippen molar-refractivity contribution in [2.45, 2.75) is 0 Å². The number of thiophene rings is 1. The molecule has 0 spiro atoms. The zero-order valence-electron chi connectivity index (χ0n) is 8.04. The van der Waals surface area contributed by atoms with E-state index in [2.05, 4.69) is 15.9 Å². The molecule has 0 saturated heterocycles. The SMILES string of the molecule is Nc1ccc(C(=O)c2sccc2Cl)c(Br)c1. The molecule has 0 radical (unpaired) electrons. The van der Waals surface area contributed by atoms with Gasteiger partial charge in [-0.15, -0.1) is 11.3 Å². The third kappa shape index (κ3) is 2.14. The largest absolute Gasteiger partial charge is 0.399 e. The molecule has 2 nitrogen and oxygen atoms in total. The summed E-state index contributed by atoms with van der Waals surface area (Å²) >= 11 is 10.6. The molecule has 0 amide bonds. The van der Waals surface area contributed by atoms with Crippen LogP contribution >= 0.6 is 38.9 Å². The fourth-order valence-electron chi connectivity index (χ4n) is 1.29. The van der Waals surface area contributed by atoms with Gasteiger partial charge in [0.1, 0.15) is 0 Å². The number of ketones is 1. The monoisotopic (exact) mass is 315 g/mol. The van der Waals surface area contributed by atoms with Gasteiger partial charge in [-0.25, -0.2) is 0 Å². The van der Waals surface area contributed by atoms with Crippen LogP contribution in [0.5, 0.6) is 0 Å². The number of hydrogen-bond donors (Lipinski definition) is 1. The molecule has 0 bridgehead atoms. The smallest absolute Gasteiger partial charge is 0.205 e. The summed E-state index contributed by atoms with van der Waals surface area (Å²) in [6.07, 6.45) is 0. The lowest BCUT2D eigenvalue weighted by molar-refractivity contribution is 0.104. The molecule has 1 aromatic heterocycles. The van der Waals surface area contributed by atoms with E-state index >= 15 is 0 Å². The summed E-state index contributed by atoms with van der Waals surface area (Å²) < 4.78 is 0.682. The molecule has 0 aliphatic rings. The average molecular weight is 317 g/mol. The number of hydrogen-bond acceptors (Lipinski definition) is 3. The molecule has 16 heavy (non-hydrogen) atoms. The molecule has 0 unspecified atom stereocenters. The third-order valence-corrected chi connectivity index (χ3v) is 4.06. The van der Waals surface area contributed by atoms with Crippen LogP contribution in [0.2, 0.25) is 5.02 Å². The Kier molecular flexibility index (Phi) is 3.33. The predicted octanol–water partition coefficient (Wildman–Crippen LogP) is 3.98. The Labute approximate surface area is 110 Å². The molecule has 1 heterocycles. The highest BCUT2D eigenvalue weighted by molar-refractivity contribution is 9.10. The number of nitrogen functional groups attached to an aromatic ring is 1. The molecule has 1 aromatic carbocycles. The highest BCUT2D eigenvalue weighted by Gasteiger charge is 2.16. The Hall–Kier alpha value is -0.840. The van der Waals surface area contributed by atoms with E-state index in [1.807, 2.05) is 0 Å². The van der Waals surface area contributed by atoms with Crippen LogP contribution in [0.25, 0.3) is 0 Å². The highest BCUT2D eigenvalue weighted by Crippen LogP contribution is 2.28. The lowest BCUT2D eigenvalue weighted by atomic mass is 10.1. The first-order chi connectivity index (χ1) is 7.59. The van der Waals surface area contributed by atoms with Gasteiger partial charge >= 0.3 is 0 Å². The number of carbonyl (C=O) groups excluding carboxylic acids is 1. The van der Waals surface area contributed by atoms with Gasteiger partial charge in [0.05, 0.1) is 9.90 Å². The van der Waals surface area contributed by atoms with Crippen molar-refractivity contribution in [3.05, 3.63) is 49.6 Å². The van der Waals surface area contributed by atoms with Crippen LogP contribution in [0.3, 0.4) is 0 Å². The minimum Gasteiger partial charge on any atom is -0.399 e. The van der Waals surface area contributed by atoms with Gasteiger partial charge in [-0.1, -0.05) is 11.6 Å². The van der Waals surface area contributed by atoms with E-state index in [4.69, 9.17) is 17.3 Å². The Balaban J connectivity index is 2.46. The van der Waals surface area contributed by atoms with Crippen LogP contribution in [0.1, 0.15) is 15.2 Å². The van der Waals surface area contributed by atoms with Gasteiger partial charge < -0.3 is 5.73 Å². The molecule has 0 atom stereocenters. The van der Waals surface area contributed by atoms with Gasteiger partial charge in [0.25, 0.3) is 0 Å². The molecule has 5 heteroatoms. The minimum absolute atomic E-state index is 0.0909. The number of anilines is 1. The molecule has 2 N–H and O–H groups in total.